The number of aryl methyl sites for hydroxylation is 2. The molecule has 0 atom stereocenters. The smallest absolute Gasteiger partial charge is 0.185 e. The lowest BCUT2D eigenvalue weighted by atomic mass is 10.3. The first-order valence-electron chi connectivity index (χ1n) is 5.35. The van der Waals surface area contributed by atoms with Gasteiger partial charge in [-0.1, -0.05) is 0 Å². The van der Waals surface area contributed by atoms with Crippen molar-refractivity contribution in [2.24, 2.45) is 0 Å². The fraction of sp³-hybridized carbons (Fsp3) is 0.364. The van der Waals surface area contributed by atoms with Crippen molar-refractivity contribution < 1.29 is 4.79 Å². The van der Waals surface area contributed by atoms with Gasteiger partial charge in [0.1, 0.15) is 0 Å². The third kappa shape index (κ3) is 2.17. The first-order valence-corrected chi connectivity index (χ1v) is 6.14. The Morgan fingerprint density at radius 1 is 1.53 bits per heavy atom. The van der Waals surface area contributed by atoms with E-state index >= 15 is 0 Å². The summed E-state index contributed by atoms with van der Waals surface area (Å²) in [6.07, 6.45) is 4.17. The van der Waals surface area contributed by atoms with Crippen molar-refractivity contribution in [3.05, 3.63) is 34.1 Å². The van der Waals surface area contributed by atoms with Gasteiger partial charge in [-0.25, -0.2) is 4.98 Å². The van der Waals surface area contributed by atoms with E-state index in [1.807, 2.05) is 18.5 Å². The number of nitrogens with zero attached hydrogens (tertiary/aromatic N) is 4. The van der Waals surface area contributed by atoms with Gasteiger partial charge in [0.2, 0.25) is 0 Å². The summed E-state index contributed by atoms with van der Waals surface area (Å²) < 4.78 is 4.72. The number of halogens is 1. The molecule has 2 aromatic rings. The highest BCUT2D eigenvalue weighted by molar-refractivity contribution is 9.10. The Balaban J connectivity index is 2.38. The van der Waals surface area contributed by atoms with Crippen LogP contribution < -0.4 is 0 Å². The Morgan fingerprint density at radius 2 is 2.29 bits per heavy atom. The molecule has 90 valence electrons. The number of imidazole rings is 1. The van der Waals surface area contributed by atoms with Gasteiger partial charge < -0.3 is 4.57 Å². The summed E-state index contributed by atoms with van der Waals surface area (Å²) in [6, 6.07) is 0. The van der Waals surface area contributed by atoms with Crippen LogP contribution in [0.4, 0.5) is 0 Å². The average Bonchev–Trinajstić information content (AvgIpc) is 2.88. The number of hydrogen-bond donors (Lipinski definition) is 0. The van der Waals surface area contributed by atoms with Crippen LogP contribution >= 0.6 is 15.9 Å². The number of aldehydes is 1. The number of carbonyl (C=O) groups excluding carboxylic acids is 1. The molecule has 2 aromatic heterocycles. The van der Waals surface area contributed by atoms with Crippen molar-refractivity contribution in [1.29, 1.82) is 0 Å². The van der Waals surface area contributed by atoms with E-state index in [4.69, 9.17) is 0 Å². The van der Waals surface area contributed by atoms with E-state index in [2.05, 4.69) is 26.0 Å². The van der Waals surface area contributed by atoms with Crippen LogP contribution in [0.1, 0.15) is 28.9 Å². The normalized spacial score (nSPS) is 10.8. The van der Waals surface area contributed by atoms with E-state index in [0.717, 1.165) is 28.7 Å². The Kier molecular flexibility index (Phi) is 3.42. The molecule has 2 heterocycles. The highest BCUT2D eigenvalue weighted by atomic mass is 79.9. The van der Waals surface area contributed by atoms with Gasteiger partial charge in [-0.15, -0.1) is 0 Å². The van der Waals surface area contributed by atoms with Crippen LogP contribution in [0.2, 0.25) is 0 Å². The van der Waals surface area contributed by atoms with Gasteiger partial charge in [0, 0.05) is 18.9 Å². The SMILES string of the molecule is CCn1nc(C)c(Br)c1Cn1ccnc1C=O. The zero-order valence-corrected chi connectivity index (χ0v) is 11.3. The zero-order chi connectivity index (χ0) is 12.4. The molecule has 5 nitrogen and oxygen atoms in total. The van der Waals surface area contributed by atoms with Gasteiger partial charge in [-0.2, -0.15) is 5.10 Å². The summed E-state index contributed by atoms with van der Waals surface area (Å²) in [6.45, 7) is 5.38. The molecule has 0 N–H and O–H groups in total. The van der Waals surface area contributed by atoms with Crippen molar-refractivity contribution >= 4 is 22.2 Å². The van der Waals surface area contributed by atoms with Gasteiger partial charge in [0.25, 0.3) is 0 Å². The van der Waals surface area contributed by atoms with Crippen LogP contribution in [-0.4, -0.2) is 25.6 Å². The summed E-state index contributed by atoms with van der Waals surface area (Å²) >= 11 is 3.53. The lowest BCUT2D eigenvalue weighted by Gasteiger charge is -2.07. The van der Waals surface area contributed by atoms with Gasteiger partial charge in [0.05, 0.1) is 22.4 Å². The fourth-order valence-corrected chi connectivity index (χ4v) is 2.16. The summed E-state index contributed by atoms with van der Waals surface area (Å²) in [5.41, 5.74) is 2.00. The summed E-state index contributed by atoms with van der Waals surface area (Å²) in [5, 5.41) is 4.41. The lowest BCUT2D eigenvalue weighted by molar-refractivity contribution is 0.111. The van der Waals surface area contributed by atoms with E-state index in [-0.39, 0.29) is 0 Å². The van der Waals surface area contributed by atoms with Crippen LogP contribution in [-0.2, 0) is 13.1 Å². The maximum Gasteiger partial charge on any atom is 0.185 e. The van der Waals surface area contributed by atoms with Crippen molar-refractivity contribution in [3.8, 4) is 0 Å². The molecular weight excluding hydrogens is 284 g/mol. The Labute approximate surface area is 108 Å². The van der Waals surface area contributed by atoms with Crippen molar-refractivity contribution in [3.63, 3.8) is 0 Å². The highest BCUT2D eigenvalue weighted by Crippen LogP contribution is 2.22. The van der Waals surface area contributed by atoms with Gasteiger partial charge >= 0.3 is 0 Å². The number of carbonyl (C=O) groups is 1. The Bertz CT molecular complexity index is 544. The zero-order valence-electron chi connectivity index (χ0n) is 9.72. The number of rotatable bonds is 4. The Hall–Kier alpha value is -1.43. The maximum atomic E-state index is 10.8. The number of aromatic nitrogens is 4. The average molecular weight is 297 g/mol. The molecule has 6 heteroatoms. The van der Waals surface area contributed by atoms with Crippen molar-refractivity contribution in [1.82, 2.24) is 19.3 Å². The summed E-state index contributed by atoms with van der Waals surface area (Å²) in [5.74, 6) is 0.429. The highest BCUT2D eigenvalue weighted by Gasteiger charge is 2.13. The van der Waals surface area contributed by atoms with Gasteiger partial charge in [-0.05, 0) is 29.8 Å². The molecule has 0 aliphatic heterocycles. The molecule has 0 bridgehead atoms. The standard InChI is InChI=1S/C11H13BrN4O/c1-3-16-9(11(12)8(2)14-16)6-15-5-4-13-10(15)7-17/h4-5,7H,3,6H2,1-2H3. The molecule has 0 fully saturated rings. The van der Waals surface area contributed by atoms with Crippen LogP contribution in [0.5, 0.6) is 0 Å². The minimum Gasteiger partial charge on any atom is -0.323 e. The predicted molar refractivity (Wildman–Crippen MR) is 67.1 cm³/mol. The predicted octanol–water partition coefficient (Wildman–Crippen LogP) is 2.03. The third-order valence-electron chi connectivity index (χ3n) is 2.63. The minimum atomic E-state index is 0.429. The molecule has 0 saturated carbocycles. The van der Waals surface area contributed by atoms with E-state index < -0.39 is 0 Å². The van der Waals surface area contributed by atoms with E-state index in [1.54, 1.807) is 17.0 Å². The molecule has 0 amide bonds. The third-order valence-corrected chi connectivity index (χ3v) is 3.66. The molecule has 0 aliphatic rings. The molecule has 0 saturated heterocycles. The maximum absolute atomic E-state index is 10.8. The van der Waals surface area contributed by atoms with E-state index in [0.29, 0.717) is 12.4 Å². The summed E-state index contributed by atoms with van der Waals surface area (Å²) in [7, 11) is 0. The Morgan fingerprint density at radius 3 is 2.94 bits per heavy atom. The molecule has 0 radical (unpaired) electrons. The fourth-order valence-electron chi connectivity index (χ4n) is 1.75. The molecule has 0 spiro atoms. The largest absolute Gasteiger partial charge is 0.323 e. The quantitative estimate of drug-likeness (QED) is 0.811. The lowest BCUT2D eigenvalue weighted by Crippen LogP contribution is -2.10. The first kappa shape index (κ1) is 12.0. The second kappa shape index (κ2) is 4.83. The van der Waals surface area contributed by atoms with E-state index in [9.17, 15) is 4.79 Å². The van der Waals surface area contributed by atoms with Crippen LogP contribution in [0, 0.1) is 6.92 Å². The topological polar surface area (TPSA) is 52.7 Å². The molecule has 0 aliphatic carbocycles. The molecule has 0 unspecified atom stereocenters. The summed E-state index contributed by atoms with van der Waals surface area (Å²) in [4.78, 5) is 14.8. The molecular formula is C11H13BrN4O. The second-order valence-electron chi connectivity index (χ2n) is 3.69. The van der Waals surface area contributed by atoms with Crippen LogP contribution in [0.15, 0.2) is 16.9 Å². The van der Waals surface area contributed by atoms with Crippen molar-refractivity contribution in [2.45, 2.75) is 26.9 Å². The monoisotopic (exact) mass is 296 g/mol. The van der Waals surface area contributed by atoms with Gasteiger partial charge in [-0.3, -0.25) is 9.48 Å². The molecule has 2 rings (SSSR count). The van der Waals surface area contributed by atoms with Gasteiger partial charge in [0.15, 0.2) is 12.1 Å². The first-order chi connectivity index (χ1) is 8.17. The molecule has 17 heavy (non-hydrogen) atoms. The van der Waals surface area contributed by atoms with Crippen molar-refractivity contribution in [2.75, 3.05) is 0 Å². The van der Waals surface area contributed by atoms with Crippen LogP contribution in [0.3, 0.4) is 0 Å². The molecule has 0 aromatic carbocycles. The second-order valence-corrected chi connectivity index (χ2v) is 4.49. The number of hydrogen-bond acceptors (Lipinski definition) is 3. The van der Waals surface area contributed by atoms with E-state index in [1.165, 1.54) is 0 Å². The minimum absolute atomic E-state index is 0.429. The van der Waals surface area contributed by atoms with Crippen LogP contribution in [0.25, 0.3) is 0 Å².